The average molecular weight is 908 g/mol. The summed E-state index contributed by atoms with van der Waals surface area (Å²) in [5.74, 6) is 0. The molecular formula is C66H45N3Si. The lowest BCUT2D eigenvalue weighted by molar-refractivity contribution is 1.16. The Balaban J connectivity index is 0.955. The molecule has 0 saturated heterocycles. The second-order valence-electron chi connectivity index (χ2n) is 18.4. The lowest BCUT2D eigenvalue weighted by Gasteiger charge is -2.34. The van der Waals surface area contributed by atoms with Gasteiger partial charge in [0.1, 0.15) is 0 Å². The molecule has 0 bridgehead atoms. The first-order valence-electron chi connectivity index (χ1n) is 24.2. The molecule has 0 atom stereocenters. The minimum atomic E-state index is -2.70. The van der Waals surface area contributed by atoms with Crippen molar-refractivity contribution in [2.24, 2.45) is 0 Å². The summed E-state index contributed by atoms with van der Waals surface area (Å²) in [7, 11) is -2.70. The molecule has 11 aromatic carbocycles. The maximum absolute atomic E-state index is 2.70. The highest BCUT2D eigenvalue weighted by Gasteiger charge is 2.41. The first-order valence-corrected chi connectivity index (χ1v) is 26.2. The number of hydrogen-bond donors (Lipinski definition) is 0. The fraction of sp³-hybridized carbons (Fsp3) is 0. The molecule has 0 fully saturated rings. The second kappa shape index (κ2) is 16.1. The van der Waals surface area contributed by atoms with E-state index in [9.17, 15) is 0 Å². The summed E-state index contributed by atoms with van der Waals surface area (Å²) in [6.45, 7) is 0. The molecule has 0 aliphatic rings. The van der Waals surface area contributed by atoms with Crippen molar-refractivity contribution in [2.75, 3.05) is 0 Å². The lowest BCUT2D eigenvalue weighted by Crippen LogP contribution is -2.74. The Labute approximate surface area is 407 Å². The molecule has 0 N–H and O–H groups in total. The van der Waals surface area contributed by atoms with Crippen molar-refractivity contribution >= 4 is 94.2 Å². The van der Waals surface area contributed by atoms with E-state index in [1.54, 1.807) is 0 Å². The maximum Gasteiger partial charge on any atom is 0.179 e. The van der Waals surface area contributed by atoms with E-state index in [2.05, 4.69) is 287 Å². The Morgan fingerprint density at radius 3 is 1.19 bits per heavy atom. The van der Waals surface area contributed by atoms with Gasteiger partial charge in [0.15, 0.2) is 8.07 Å². The monoisotopic (exact) mass is 907 g/mol. The van der Waals surface area contributed by atoms with Crippen molar-refractivity contribution in [2.45, 2.75) is 0 Å². The summed E-state index contributed by atoms with van der Waals surface area (Å²) in [6.07, 6.45) is 0. The SMILES string of the molecule is c1ccc(-n2c3ccccc3c3ccc(-c4cccc5c4c4ccccc4n5-c4ccc5c6ccccc6n(-c6ccc([Si](c7ccccc7)(c7ccccc7)c7ccccc7)cc6)c5c4)cc32)cc1. The van der Waals surface area contributed by atoms with Gasteiger partial charge < -0.3 is 13.7 Å². The van der Waals surface area contributed by atoms with Crippen molar-refractivity contribution in [1.29, 1.82) is 0 Å². The molecule has 3 heterocycles. The third-order valence-corrected chi connectivity index (χ3v) is 19.6. The highest BCUT2D eigenvalue weighted by molar-refractivity contribution is 7.19. The van der Waals surface area contributed by atoms with Gasteiger partial charge in [-0.2, -0.15) is 0 Å². The summed E-state index contributed by atoms with van der Waals surface area (Å²) < 4.78 is 7.35. The van der Waals surface area contributed by atoms with E-state index in [1.165, 1.54) is 97.3 Å². The van der Waals surface area contributed by atoms with Crippen LogP contribution in [0.1, 0.15) is 0 Å². The van der Waals surface area contributed by atoms with Crippen LogP contribution in [0.3, 0.4) is 0 Å². The summed E-state index contributed by atoms with van der Waals surface area (Å²) >= 11 is 0. The third kappa shape index (κ3) is 6.00. The van der Waals surface area contributed by atoms with Crippen molar-refractivity contribution in [3.63, 3.8) is 0 Å². The van der Waals surface area contributed by atoms with Crippen LogP contribution in [0.2, 0.25) is 0 Å². The van der Waals surface area contributed by atoms with Gasteiger partial charge in [-0.05, 0) is 98.6 Å². The van der Waals surface area contributed by atoms with Crippen LogP contribution in [0.25, 0.3) is 93.6 Å². The molecule has 0 aliphatic heterocycles. The lowest BCUT2D eigenvalue weighted by atomic mass is 9.98. The van der Waals surface area contributed by atoms with E-state index in [4.69, 9.17) is 0 Å². The molecule has 14 rings (SSSR count). The van der Waals surface area contributed by atoms with Crippen LogP contribution in [0.5, 0.6) is 0 Å². The van der Waals surface area contributed by atoms with Crippen molar-refractivity contribution < 1.29 is 0 Å². The predicted molar refractivity (Wildman–Crippen MR) is 299 cm³/mol. The standard InChI is InChI=1S/C66H45N3Si/c1-5-20-47(21-6-1)67-60-32-16-13-28-55(60)57-42-36-46(44-64(57)67)54-31-19-35-63-66(54)59-30-15-18-34-62(59)69(63)49-39-43-58-56-29-14-17-33-61(56)68(65(58)45-49)48-37-40-53(41-38-48)70(50-22-7-2-8-23-50,51-24-9-3-10-25-51)52-26-11-4-12-27-52/h1-45H. The Hall–Kier alpha value is -8.96. The van der Waals surface area contributed by atoms with Gasteiger partial charge in [-0.25, -0.2) is 0 Å². The molecule has 328 valence electrons. The molecule has 3 aromatic heterocycles. The van der Waals surface area contributed by atoms with Crippen LogP contribution in [0.15, 0.2) is 273 Å². The quantitative estimate of drug-likeness (QED) is 0.107. The number of para-hydroxylation sites is 4. The first-order chi connectivity index (χ1) is 34.8. The fourth-order valence-electron chi connectivity index (χ4n) is 11.8. The zero-order valence-corrected chi connectivity index (χ0v) is 39.3. The Morgan fingerprint density at radius 2 is 0.614 bits per heavy atom. The molecule has 0 unspecified atom stereocenters. The predicted octanol–water partition coefficient (Wildman–Crippen LogP) is 14.0. The maximum atomic E-state index is 2.47. The zero-order chi connectivity index (χ0) is 46.2. The smallest absolute Gasteiger partial charge is 0.179 e. The summed E-state index contributed by atoms with van der Waals surface area (Å²) in [4.78, 5) is 0. The van der Waals surface area contributed by atoms with Crippen LogP contribution in [0, 0.1) is 0 Å². The number of fused-ring (bicyclic) bond motifs is 9. The van der Waals surface area contributed by atoms with Gasteiger partial charge in [0.25, 0.3) is 0 Å². The minimum absolute atomic E-state index is 1.12. The largest absolute Gasteiger partial charge is 0.309 e. The van der Waals surface area contributed by atoms with Crippen LogP contribution in [-0.4, -0.2) is 21.8 Å². The molecule has 0 amide bonds. The summed E-state index contributed by atoms with van der Waals surface area (Å²) in [5, 5.41) is 12.9. The molecule has 14 aromatic rings. The highest BCUT2D eigenvalue weighted by Crippen LogP contribution is 2.42. The Kier molecular flexibility index (Phi) is 9.23. The van der Waals surface area contributed by atoms with Gasteiger partial charge in [0.2, 0.25) is 0 Å². The van der Waals surface area contributed by atoms with Crippen LogP contribution in [0.4, 0.5) is 0 Å². The van der Waals surface area contributed by atoms with E-state index < -0.39 is 8.07 Å². The molecule has 0 saturated carbocycles. The average Bonchev–Trinajstić information content (AvgIpc) is 4.08. The van der Waals surface area contributed by atoms with Crippen LogP contribution >= 0.6 is 0 Å². The molecular weight excluding hydrogens is 863 g/mol. The van der Waals surface area contributed by atoms with Crippen molar-refractivity contribution in [1.82, 2.24) is 13.7 Å². The number of rotatable bonds is 8. The fourth-order valence-corrected chi connectivity index (χ4v) is 16.6. The minimum Gasteiger partial charge on any atom is -0.309 e. The normalized spacial score (nSPS) is 12.0. The van der Waals surface area contributed by atoms with Gasteiger partial charge in [0, 0.05) is 49.4 Å². The van der Waals surface area contributed by atoms with Gasteiger partial charge in [-0.1, -0.05) is 206 Å². The van der Waals surface area contributed by atoms with E-state index >= 15 is 0 Å². The number of benzene rings is 11. The number of hydrogen-bond acceptors (Lipinski definition) is 0. The highest BCUT2D eigenvalue weighted by atomic mass is 28.3. The second-order valence-corrected chi connectivity index (χ2v) is 22.2. The van der Waals surface area contributed by atoms with Gasteiger partial charge in [-0.15, -0.1) is 0 Å². The van der Waals surface area contributed by atoms with Gasteiger partial charge in [0.05, 0.1) is 33.1 Å². The topological polar surface area (TPSA) is 14.8 Å². The first kappa shape index (κ1) is 40.1. The molecule has 3 nitrogen and oxygen atoms in total. The van der Waals surface area contributed by atoms with E-state index in [-0.39, 0.29) is 0 Å². The molecule has 4 heteroatoms. The van der Waals surface area contributed by atoms with Crippen LogP contribution < -0.4 is 20.7 Å². The third-order valence-electron chi connectivity index (χ3n) is 14.8. The van der Waals surface area contributed by atoms with Crippen LogP contribution in [-0.2, 0) is 0 Å². The van der Waals surface area contributed by atoms with Crippen molar-refractivity contribution in [3.05, 3.63) is 273 Å². The molecule has 0 aliphatic carbocycles. The molecule has 0 radical (unpaired) electrons. The van der Waals surface area contributed by atoms with E-state index in [0.29, 0.717) is 0 Å². The summed E-state index contributed by atoms with van der Waals surface area (Å²) in [5.41, 5.74) is 13.0. The number of aromatic nitrogens is 3. The Morgan fingerprint density at radius 1 is 0.229 bits per heavy atom. The van der Waals surface area contributed by atoms with Gasteiger partial charge >= 0.3 is 0 Å². The number of nitrogens with zero attached hydrogens (tertiary/aromatic N) is 3. The van der Waals surface area contributed by atoms with E-state index in [1.807, 2.05) is 0 Å². The molecule has 0 spiro atoms. The Bertz CT molecular complexity index is 4170. The molecule has 70 heavy (non-hydrogen) atoms. The van der Waals surface area contributed by atoms with Gasteiger partial charge in [-0.3, -0.25) is 0 Å². The van der Waals surface area contributed by atoms with Crippen molar-refractivity contribution in [3.8, 4) is 28.2 Å². The zero-order valence-electron chi connectivity index (χ0n) is 38.3. The summed E-state index contributed by atoms with van der Waals surface area (Å²) in [6, 6.07) is 101. The van der Waals surface area contributed by atoms with E-state index in [0.717, 1.165) is 17.1 Å².